The average molecular weight is 512 g/mol. The highest BCUT2D eigenvalue weighted by molar-refractivity contribution is 5.89. The Bertz CT molecular complexity index is 1330. The van der Waals surface area contributed by atoms with Crippen LogP contribution in [-0.4, -0.2) is 72.9 Å². The molecular formula is C25H33N7O5. The second-order valence-corrected chi connectivity index (χ2v) is 10.0. The van der Waals surface area contributed by atoms with E-state index < -0.39 is 5.60 Å². The summed E-state index contributed by atoms with van der Waals surface area (Å²) in [6.45, 7) is 11.6. The van der Waals surface area contributed by atoms with Crippen LogP contribution in [0.25, 0.3) is 22.6 Å². The Labute approximate surface area is 215 Å². The van der Waals surface area contributed by atoms with E-state index in [4.69, 9.17) is 24.8 Å². The summed E-state index contributed by atoms with van der Waals surface area (Å²) >= 11 is 0. The van der Waals surface area contributed by atoms with Gasteiger partial charge in [-0.1, -0.05) is 19.8 Å². The van der Waals surface area contributed by atoms with Gasteiger partial charge in [-0.15, -0.1) is 0 Å². The number of likely N-dealkylation sites (tertiary alicyclic amines) is 1. The largest absolute Gasteiger partial charge is 0.489 e. The van der Waals surface area contributed by atoms with E-state index >= 15 is 0 Å². The Morgan fingerprint density at radius 3 is 2.81 bits per heavy atom. The number of fused-ring (bicyclic) bond motifs is 1. The lowest BCUT2D eigenvalue weighted by Crippen LogP contribution is -2.31. The molecule has 0 bridgehead atoms. The topological polar surface area (TPSA) is 155 Å². The molecule has 4 heterocycles. The van der Waals surface area contributed by atoms with Crippen molar-refractivity contribution in [3.63, 3.8) is 0 Å². The zero-order valence-corrected chi connectivity index (χ0v) is 21.8. The predicted molar refractivity (Wildman–Crippen MR) is 135 cm³/mol. The van der Waals surface area contributed by atoms with E-state index in [-0.39, 0.29) is 23.7 Å². The van der Waals surface area contributed by atoms with Gasteiger partial charge in [0.05, 0.1) is 19.4 Å². The molecule has 3 aromatic rings. The first-order chi connectivity index (χ1) is 17.6. The minimum absolute atomic E-state index is 0.111. The number of nitrogens with zero attached hydrogens (tertiary/aromatic N) is 6. The molecule has 4 rings (SSSR count). The number of ether oxygens (including phenoxy) is 2. The van der Waals surface area contributed by atoms with Gasteiger partial charge < -0.3 is 29.8 Å². The van der Waals surface area contributed by atoms with E-state index in [2.05, 4.69) is 27.1 Å². The van der Waals surface area contributed by atoms with Crippen molar-refractivity contribution in [2.45, 2.75) is 53.2 Å². The lowest BCUT2D eigenvalue weighted by Gasteiger charge is -2.18. The maximum atomic E-state index is 12.3. The van der Waals surface area contributed by atoms with Crippen molar-refractivity contribution in [3.8, 4) is 29.1 Å². The van der Waals surface area contributed by atoms with Crippen LogP contribution in [-0.2, 0) is 11.3 Å². The molecule has 12 nitrogen and oxygen atoms in total. The molecule has 1 unspecified atom stereocenters. The first-order valence-corrected chi connectivity index (χ1v) is 12.3. The second-order valence-electron chi connectivity index (χ2n) is 10.0. The number of aliphatic hydroxyl groups is 1. The summed E-state index contributed by atoms with van der Waals surface area (Å²) in [4.78, 5) is 23.2. The zero-order chi connectivity index (χ0) is 26.7. The van der Waals surface area contributed by atoms with Gasteiger partial charge in [0.2, 0.25) is 0 Å². The van der Waals surface area contributed by atoms with Crippen LogP contribution in [0.2, 0.25) is 0 Å². The Kier molecular flexibility index (Phi) is 7.54. The summed E-state index contributed by atoms with van der Waals surface area (Å²) in [6, 6.07) is 0. The predicted octanol–water partition coefficient (Wildman–Crippen LogP) is 2.70. The van der Waals surface area contributed by atoms with Crippen LogP contribution in [0.1, 0.15) is 46.7 Å². The molecule has 1 aliphatic heterocycles. The number of carbonyl (C=O) groups excluding carboxylic acids is 1. The van der Waals surface area contributed by atoms with Crippen molar-refractivity contribution in [2.24, 2.45) is 11.8 Å². The first kappa shape index (κ1) is 26.2. The van der Waals surface area contributed by atoms with E-state index in [1.165, 1.54) is 0 Å². The van der Waals surface area contributed by atoms with Crippen molar-refractivity contribution >= 4 is 22.9 Å². The maximum Gasteiger partial charge on any atom is 0.409 e. The Morgan fingerprint density at radius 1 is 1.38 bits per heavy atom. The molecule has 0 spiro atoms. The van der Waals surface area contributed by atoms with Crippen LogP contribution in [0.3, 0.4) is 0 Å². The molecule has 0 aromatic carbocycles. The van der Waals surface area contributed by atoms with Gasteiger partial charge in [-0.05, 0) is 49.3 Å². The molecule has 0 aliphatic carbocycles. The second kappa shape index (κ2) is 10.6. The van der Waals surface area contributed by atoms with Crippen LogP contribution in [0.15, 0.2) is 10.8 Å². The number of nitrogen functional groups attached to an aromatic ring is 1. The molecule has 0 radical (unpaired) electrons. The molecule has 3 aromatic heterocycles. The average Bonchev–Trinajstić information content (AvgIpc) is 3.57. The third-order valence-corrected chi connectivity index (χ3v) is 5.82. The van der Waals surface area contributed by atoms with Crippen LogP contribution < -0.4 is 10.5 Å². The minimum atomic E-state index is -1.20. The summed E-state index contributed by atoms with van der Waals surface area (Å²) in [5, 5.41) is 17.7. The summed E-state index contributed by atoms with van der Waals surface area (Å²) in [7, 11) is 0. The number of carbonyl (C=O) groups is 1. The molecule has 1 amide bonds. The SMILES string of the molecule is CCn1c(-c2nonc2N)nc2c(C#CC(C)(C)O)ncc(OCC3CCN(C(=O)OCC(C)C)C3)c21. The normalized spacial score (nSPS) is 15.8. The number of hydrogen-bond acceptors (Lipinski definition) is 10. The molecule has 3 N–H and O–H groups in total. The Balaban J connectivity index is 1.63. The number of aromatic nitrogens is 5. The number of pyridine rings is 1. The van der Waals surface area contributed by atoms with Gasteiger partial charge in [-0.3, -0.25) is 0 Å². The summed E-state index contributed by atoms with van der Waals surface area (Å²) in [6.07, 6.45) is 2.12. The number of rotatable bonds is 7. The van der Waals surface area contributed by atoms with Crippen molar-refractivity contribution in [2.75, 3.05) is 32.0 Å². The van der Waals surface area contributed by atoms with Crippen LogP contribution in [0.4, 0.5) is 10.6 Å². The van der Waals surface area contributed by atoms with Crippen molar-refractivity contribution in [1.82, 2.24) is 29.7 Å². The van der Waals surface area contributed by atoms with Gasteiger partial charge in [-0.25, -0.2) is 19.4 Å². The van der Waals surface area contributed by atoms with Gasteiger partial charge in [0, 0.05) is 25.6 Å². The van der Waals surface area contributed by atoms with Crippen molar-refractivity contribution in [3.05, 3.63) is 11.9 Å². The minimum Gasteiger partial charge on any atom is -0.489 e. The highest BCUT2D eigenvalue weighted by Crippen LogP contribution is 2.33. The Morgan fingerprint density at radius 2 is 2.16 bits per heavy atom. The van der Waals surface area contributed by atoms with E-state index in [1.807, 2.05) is 25.3 Å². The number of amides is 1. The van der Waals surface area contributed by atoms with Gasteiger partial charge in [0.25, 0.3) is 0 Å². The zero-order valence-electron chi connectivity index (χ0n) is 21.8. The van der Waals surface area contributed by atoms with Crippen molar-refractivity contribution < 1.29 is 24.0 Å². The van der Waals surface area contributed by atoms with E-state index in [0.29, 0.717) is 66.8 Å². The summed E-state index contributed by atoms with van der Waals surface area (Å²) < 4.78 is 18.3. The first-order valence-electron chi connectivity index (χ1n) is 12.3. The molecule has 37 heavy (non-hydrogen) atoms. The molecular weight excluding hydrogens is 478 g/mol. The third kappa shape index (κ3) is 5.94. The molecule has 0 saturated carbocycles. The van der Waals surface area contributed by atoms with E-state index in [0.717, 1.165) is 6.42 Å². The van der Waals surface area contributed by atoms with E-state index in [1.54, 1.807) is 24.9 Å². The fraction of sp³-hybridized carbons (Fsp3) is 0.560. The van der Waals surface area contributed by atoms with Gasteiger partial charge in [-0.2, -0.15) is 0 Å². The number of hydrogen-bond donors (Lipinski definition) is 2. The van der Waals surface area contributed by atoms with Crippen LogP contribution in [0, 0.1) is 23.7 Å². The van der Waals surface area contributed by atoms with Crippen molar-refractivity contribution in [1.29, 1.82) is 0 Å². The quantitative estimate of drug-likeness (QED) is 0.452. The number of aryl methyl sites for hydroxylation is 1. The van der Waals surface area contributed by atoms with Gasteiger partial charge in [0.15, 0.2) is 23.1 Å². The number of anilines is 1. The number of nitrogens with two attached hydrogens (primary N) is 1. The van der Waals surface area contributed by atoms with Gasteiger partial charge >= 0.3 is 6.09 Å². The van der Waals surface area contributed by atoms with Crippen LogP contribution in [0.5, 0.6) is 5.75 Å². The Hall–Kier alpha value is -3.85. The molecule has 1 saturated heterocycles. The third-order valence-electron chi connectivity index (χ3n) is 5.82. The van der Waals surface area contributed by atoms with E-state index in [9.17, 15) is 9.90 Å². The summed E-state index contributed by atoms with van der Waals surface area (Å²) in [5.74, 6) is 7.21. The smallest absolute Gasteiger partial charge is 0.409 e. The molecule has 198 valence electrons. The highest BCUT2D eigenvalue weighted by Gasteiger charge is 2.29. The lowest BCUT2D eigenvalue weighted by atomic mass is 10.1. The number of imidazole rings is 1. The molecule has 12 heteroatoms. The summed E-state index contributed by atoms with van der Waals surface area (Å²) in [5.41, 5.74) is 6.59. The molecule has 1 atom stereocenters. The van der Waals surface area contributed by atoms with Gasteiger partial charge in [0.1, 0.15) is 22.3 Å². The highest BCUT2D eigenvalue weighted by atomic mass is 16.6. The maximum absolute atomic E-state index is 12.3. The van der Waals surface area contributed by atoms with Crippen LogP contribution >= 0.6 is 0 Å². The molecule has 1 aliphatic rings. The lowest BCUT2D eigenvalue weighted by molar-refractivity contribution is 0.0973. The monoisotopic (exact) mass is 511 g/mol. The fourth-order valence-corrected chi connectivity index (χ4v) is 4.03. The standard InChI is InChI=1S/C25H33N7O5/c1-6-32-21-18(35-14-16-8-10-31(12-16)24(33)36-13-15(2)3)11-27-17(7-9-25(4,5)34)19(21)28-23(32)20-22(26)30-37-29-20/h11,15-16,34H,6,8,10,12-14H2,1-5H3,(H2,26,30). The fourth-order valence-electron chi connectivity index (χ4n) is 4.03. The molecule has 1 fully saturated rings.